The molecule has 1 aliphatic carbocycles. The summed E-state index contributed by atoms with van der Waals surface area (Å²) >= 11 is 0. The number of aryl methyl sites for hydroxylation is 1. The Bertz CT molecular complexity index is 922. The van der Waals surface area contributed by atoms with E-state index < -0.39 is 6.17 Å². The third kappa shape index (κ3) is 1.87. The van der Waals surface area contributed by atoms with E-state index in [-0.39, 0.29) is 6.04 Å². The minimum atomic E-state index is -0.732. The lowest BCUT2D eigenvalue weighted by Gasteiger charge is -2.15. The maximum Gasteiger partial charge on any atom is 0.108 e. The first-order valence-corrected chi connectivity index (χ1v) is 7.49. The van der Waals surface area contributed by atoms with Crippen molar-refractivity contribution < 1.29 is 4.39 Å². The van der Waals surface area contributed by atoms with Crippen LogP contribution in [0.5, 0.6) is 0 Å². The van der Waals surface area contributed by atoms with Crippen LogP contribution < -0.4 is 0 Å². The van der Waals surface area contributed by atoms with Crippen LogP contribution in [0.1, 0.15) is 36.7 Å². The zero-order chi connectivity index (χ0) is 15.3. The van der Waals surface area contributed by atoms with Gasteiger partial charge in [0.15, 0.2) is 0 Å². The first-order chi connectivity index (χ1) is 10.7. The van der Waals surface area contributed by atoms with Gasteiger partial charge in [0.1, 0.15) is 17.5 Å². The topological polar surface area (TPSA) is 54.5 Å². The van der Waals surface area contributed by atoms with Crippen LogP contribution in [0.3, 0.4) is 0 Å². The van der Waals surface area contributed by atoms with Gasteiger partial charge in [-0.25, -0.2) is 9.37 Å². The second kappa shape index (κ2) is 4.77. The lowest BCUT2D eigenvalue weighted by Crippen LogP contribution is -2.08. The fourth-order valence-electron chi connectivity index (χ4n) is 3.55. The van der Waals surface area contributed by atoms with Gasteiger partial charge in [-0.2, -0.15) is 5.26 Å². The molecule has 0 radical (unpaired) electrons. The van der Waals surface area contributed by atoms with Crippen molar-refractivity contribution in [2.45, 2.75) is 38.4 Å². The molecule has 0 spiro atoms. The first kappa shape index (κ1) is 13.2. The van der Waals surface area contributed by atoms with Crippen LogP contribution in [0.25, 0.3) is 21.9 Å². The molecule has 0 aliphatic heterocycles. The molecule has 1 aromatic carbocycles. The van der Waals surface area contributed by atoms with E-state index in [0.717, 1.165) is 34.2 Å². The van der Waals surface area contributed by atoms with Crippen LogP contribution in [0.15, 0.2) is 24.4 Å². The van der Waals surface area contributed by atoms with Crippen LogP contribution in [0.4, 0.5) is 4.39 Å². The Kier molecular flexibility index (Phi) is 2.86. The summed E-state index contributed by atoms with van der Waals surface area (Å²) in [4.78, 5) is 9.00. The minimum absolute atomic E-state index is 0.136. The van der Waals surface area contributed by atoms with Crippen molar-refractivity contribution in [2.75, 3.05) is 0 Å². The van der Waals surface area contributed by atoms with Crippen molar-refractivity contribution in [3.63, 3.8) is 0 Å². The Morgan fingerprint density at radius 1 is 1.32 bits per heavy atom. The highest BCUT2D eigenvalue weighted by molar-refractivity contribution is 6.02. The van der Waals surface area contributed by atoms with Gasteiger partial charge in [-0.1, -0.05) is 0 Å². The molecule has 0 amide bonds. The second-order valence-corrected chi connectivity index (χ2v) is 5.93. The van der Waals surface area contributed by atoms with Crippen molar-refractivity contribution >= 4 is 21.9 Å². The van der Waals surface area contributed by atoms with Gasteiger partial charge in [0.2, 0.25) is 0 Å². The van der Waals surface area contributed by atoms with E-state index in [1.54, 1.807) is 12.3 Å². The summed E-state index contributed by atoms with van der Waals surface area (Å²) in [6.07, 6.45) is 3.00. The molecule has 1 aliphatic rings. The third-order valence-corrected chi connectivity index (χ3v) is 4.53. The van der Waals surface area contributed by atoms with Crippen LogP contribution in [-0.4, -0.2) is 20.7 Å². The van der Waals surface area contributed by atoms with Gasteiger partial charge in [0, 0.05) is 11.4 Å². The van der Waals surface area contributed by atoms with Crippen molar-refractivity contribution in [2.24, 2.45) is 0 Å². The Hall–Kier alpha value is -2.48. The van der Waals surface area contributed by atoms with Crippen LogP contribution >= 0.6 is 0 Å². The number of benzene rings is 1. The third-order valence-electron chi connectivity index (χ3n) is 4.53. The minimum Gasteiger partial charge on any atom is -0.324 e. The Balaban J connectivity index is 2.05. The summed E-state index contributed by atoms with van der Waals surface area (Å²) in [6.45, 7) is 1.95. The molecule has 0 N–H and O–H groups in total. The SMILES string of the molecule is Cc1nc2cnc3ccc(C#N)cc3c2n1[C@H]1CC[C@@H](F)C1. The molecule has 3 aromatic rings. The molecule has 1 saturated carbocycles. The molecule has 0 unspecified atom stereocenters. The van der Waals surface area contributed by atoms with E-state index in [0.29, 0.717) is 18.4 Å². The zero-order valence-electron chi connectivity index (χ0n) is 12.3. The molecule has 110 valence electrons. The van der Waals surface area contributed by atoms with E-state index >= 15 is 0 Å². The fraction of sp³-hybridized carbons (Fsp3) is 0.353. The number of nitriles is 1. The van der Waals surface area contributed by atoms with Crippen molar-refractivity contribution in [3.05, 3.63) is 35.8 Å². The number of halogens is 1. The van der Waals surface area contributed by atoms with Gasteiger partial charge < -0.3 is 4.57 Å². The zero-order valence-corrected chi connectivity index (χ0v) is 12.3. The standard InChI is InChI=1S/C17H15FN4/c1-10-21-16-9-20-15-5-2-11(8-19)6-14(15)17(16)22(10)13-4-3-12(18)7-13/h2,5-6,9,12-13H,3-4,7H2,1H3/t12-,13+/m1/s1. The number of imidazole rings is 1. The Morgan fingerprint density at radius 3 is 2.91 bits per heavy atom. The van der Waals surface area contributed by atoms with Gasteiger partial charge >= 0.3 is 0 Å². The van der Waals surface area contributed by atoms with Crippen molar-refractivity contribution in [1.82, 2.24) is 14.5 Å². The lowest BCUT2D eigenvalue weighted by molar-refractivity contribution is 0.331. The van der Waals surface area contributed by atoms with E-state index in [1.165, 1.54) is 0 Å². The summed E-state index contributed by atoms with van der Waals surface area (Å²) in [5, 5.41) is 10.1. The van der Waals surface area contributed by atoms with Crippen LogP contribution in [-0.2, 0) is 0 Å². The van der Waals surface area contributed by atoms with Crippen molar-refractivity contribution in [3.8, 4) is 6.07 Å². The van der Waals surface area contributed by atoms with Crippen LogP contribution in [0, 0.1) is 18.3 Å². The van der Waals surface area contributed by atoms with Crippen LogP contribution in [0.2, 0.25) is 0 Å². The number of hydrogen-bond acceptors (Lipinski definition) is 3. The summed E-state index contributed by atoms with van der Waals surface area (Å²) in [5.74, 6) is 0.880. The molecule has 4 nitrogen and oxygen atoms in total. The van der Waals surface area contributed by atoms with Crippen molar-refractivity contribution in [1.29, 1.82) is 5.26 Å². The molecule has 2 heterocycles. The smallest absolute Gasteiger partial charge is 0.108 e. The van der Waals surface area contributed by atoms with Gasteiger partial charge in [-0.05, 0) is 44.4 Å². The number of fused-ring (bicyclic) bond motifs is 3. The van der Waals surface area contributed by atoms with E-state index in [1.807, 2.05) is 19.1 Å². The van der Waals surface area contributed by atoms with E-state index in [4.69, 9.17) is 5.26 Å². The molecule has 2 atom stereocenters. The molecular weight excluding hydrogens is 279 g/mol. The number of alkyl halides is 1. The number of rotatable bonds is 1. The Labute approximate surface area is 127 Å². The average molecular weight is 294 g/mol. The molecule has 22 heavy (non-hydrogen) atoms. The van der Waals surface area contributed by atoms with Gasteiger partial charge in [0.25, 0.3) is 0 Å². The molecule has 0 saturated heterocycles. The molecular formula is C17H15FN4. The molecule has 1 fully saturated rings. The first-order valence-electron chi connectivity index (χ1n) is 7.49. The lowest BCUT2D eigenvalue weighted by atomic mass is 10.1. The van der Waals surface area contributed by atoms with Gasteiger partial charge in [-0.3, -0.25) is 4.98 Å². The largest absolute Gasteiger partial charge is 0.324 e. The molecule has 0 bridgehead atoms. The number of nitrogens with zero attached hydrogens (tertiary/aromatic N) is 4. The summed E-state index contributed by atoms with van der Waals surface area (Å²) in [5.41, 5.74) is 3.21. The Morgan fingerprint density at radius 2 is 2.18 bits per heavy atom. The molecule has 4 rings (SSSR count). The highest BCUT2D eigenvalue weighted by Crippen LogP contribution is 2.37. The quantitative estimate of drug-likeness (QED) is 0.685. The number of aromatic nitrogens is 3. The average Bonchev–Trinajstić information content (AvgIpc) is 3.09. The van der Waals surface area contributed by atoms with Gasteiger partial charge in [-0.15, -0.1) is 0 Å². The monoisotopic (exact) mass is 294 g/mol. The van der Waals surface area contributed by atoms with Gasteiger partial charge in [0.05, 0.1) is 28.9 Å². The number of pyridine rings is 1. The molecule has 2 aromatic heterocycles. The molecule has 5 heteroatoms. The predicted molar refractivity (Wildman–Crippen MR) is 82.3 cm³/mol. The highest BCUT2D eigenvalue weighted by Gasteiger charge is 2.28. The highest BCUT2D eigenvalue weighted by atomic mass is 19.1. The summed E-state index contributed by atoms with van der Waals surface area (Å²) in [6, 6.07) is 7.78. The second-order valence-electron chi connectivity index (χ2n) is 5.93. The summed E-state index contributed by atoms with van der Waals surface area (Å²) < 4.78 is 15.8. The fourth-order valence-corrected chi connectivity index (χ4v) is 3.55. The predicted octanol–water partition coefficient (Wildman–Crippen LogP) is 3.83. The number of hydrogen-bond donors (Lipinski definition) is 0. The van der Waals surface area contributed by atoms with E-state index in [2.05, 4.69) is 20.6 Å². The summed E-state index contributed by atoms with van der Waals surface area (Å²) in [7, 11) is 0. The maximum atomic E-state index is 13.6. The maximum absolute atomic E-state index is 13.6. The van der Waals surface area contributed by atoms with E-state index in [9.17, 15) is 4.39 Å². The normalized spacial score (nSPS) is 21.5.